The number of amides is 3. The number of rotatable bonds is 8. The van der Waals surface area contributed by atoms with Crippen LogP contribution in [-0.2, 0) is 14.4 Å². The number of nitrogens with zero attached hydrogens (tertiary/aromatic N) is 1. The monoisotopic (exact) mass is 718 g/mol. The van der Waals surface area contributed by atoms with E-state index in [1.807, 2.05) is 0 Å². The summed E-state index contributed by atoms with van der Waals surface area (Å²) in [7, 11) is 0. The van der Waals surface area contributed by atoms with Crippen molar-refractivity contribution < 1.29 is 60.4 Å². The molecular formula is C33H40F6N4O7. The van der Waals surface area contributed by atoms with E-state index in [2.05, 4.69) is 25.4 Å². The molecule has 276 valence electrons. The second-order valence-corrected chi connectivity index (χ2v) is 12.6. The van der Waals surface area contributed by atoms with Gasteiger partial charge >= 0.3 is 12.7 Å². The maximum absolute atomic E-state index is 12.5. The number of anilines is 2. The summed E-state index contributed by atoms with van der Waals surface area (Å²) < 4.78 is 80.1. The lowest BCUT2D eigenvalue weighted by molar-refractivity contribution is -0.275. The quantitative estimate of drug-likeness (QED) is 0.237. The molecule has 2 aliphatic heterocycles. The van der Waals surface area contributed by atoms with Gasteiger partial charge in [-0.25, -0.2) is 0 Å². The predicted octanol–water partition coefficient (Wildman–Crippen LogP) is 5.10. The van der Waals surface area contributed by atoms with Gasteiger partial charge in [-0.1, -0.05) is 12.8 Å². The van der Waals surface area contributed by atoms with Crippen molar-refractivity contribution in [3.05, 3.63) is 48.5 Å². The van der Waals surface area contributed by atoms with Gasteiger partial charge in [-0.05, 0) is 93.2 Å². The van der Waals surface area contributed by atoms with Gasteiger partial charge in [0.15, 0.2) is 0 Å². The van der Waals surface area contributed by atoms with Crippen LogP contribution in [0, 0.1) is 5.92 Å². The number of carbonyl (C=O) groups is 3. The van der Waals surface area contributed by atoms with E-state index < -0.39 is 41.5 Å². The first kappa shape index (κ1) is 38.7. The summed E-state index contributed by atoms with van der Waals surface area (Å²) in [6.07, 6.45) is -3.72. The van der Waals surface area contributed by atoms with Crippen LogP contribution in [0.3, 0.4) is 0 Å². The molecule has 3 aliphatic rings. The third kappa shape index (κ3) is 11.8. The van der Waals surface area contributed by atoms with Crippen molar-refractivity contribution in [1.29, 1.82) is 0 Å². The molecule has 50 heavy (non-hydrogen) atoms. The largest absolute Gasteiger partial charge is 0.573 e. The fraction of sp³-hybridized carbons (Fsp3) is 0.545. The van der Waals surface area contributed by atoms with E-state index in [1.54, 1.807) is 4.90 Å². The maximum atomic E-state index is 12.5. The Labute approximate surface area is 284 Å². The van der Waals surface area contributed by atoms with Gasteiger partial charge in [0.05, 0.1) is 0 Å². The second-order valence-electron chi connectivity index (χ2n) is 12.6. The average Bonchev–Trinajstić information content (AvgIpc) is 3.55. The van der Waals surface area contributed by atoms with Gasteiger partial charge in [-0.15, -0.1) is 26.3 Å². The van der Waals surface area contributed by atoms with Crippen molar-refractivity contribution in [1.82, 2.24) is 10.2 Å². The molecule has 3 amide bonds. The number of ether oxygens (including phenoxy) is 2. The molecule has 5 N–H and O–H groups in total. The molecule has 5 rings (SSSR count). The van der Waals surface area contributed by atoms with Crippen LogP contribution in [0.2, 0.25) is 0 Å². The van der Waals surface area contributed by atoms with E-state index in [-0.39, 0.29) is 43.0 Å². The molecule has 0 aromatic heterocycles. The number of likely N-dealkylation sites (tertiary alicyclic amines) is 1. The van der Waals surface area contributed by atoms with E-state index in [0.717, 1.165) is 37.1 Å². The molecule has 1 saturated carbocycles. The van der Waals surface area contributed by atoms with Gasteiger partial charge in [-0.3, -0.25) is 14.4 Å². The van der Waals surface area contributed by atoms with Gasteiger partial charge in [0.1, 0.15) is 22.7 Å². The molecule has 1 aliphatic carbocycles. The predicted molar refractivity (Wildman–Crippen MR) is 168 cm³/mol. The lowest BCUT2D eigenvalue weighted by atomic mass is 9.89. The molecule has 3 fully saturated rings. The number of nitrogens with one attached hydrogen (secondary N) is 3. The molecule has 0 spiro atoms. The Balaban J connectivity index is 0.000000237. The van der Waals surface area contributed by atoms with Crippen LogP contribution in [0.4, 0.5) is 37.7 Å². The Morgan fingerprint density at radius 1 is 0.720 bits per heavy atom. The van der Waals surface area contributed by atoms with Crippen LogP contribution in [0.25, 0.3) is 0 Å². The highest BCUT2D eigenvalue weighted by Gasteiger charge is 2.41. The molecule has 0 atom stereocenters. The number of piperidine rings is 2. The highest BCUT2D eigenvalue weighted by molar-refractivity contribution is 5.98. The minimum atomic E-state index is -4.79. The third-order valence-electron chi connectivity index (χ3n) is 8.85. The highest BCUT2D eigenvalue weighted by Crippen LogP contribution is 2.31. The molecule has 17 heteroatoms. The molecule has 2 heterocycles. The van der Waals surface area contributed by atoms with Crippen molar-refractivity contribution in [2.45, 2.75) is 81.7 Å². The van der Waals surface area contributed by atoms with Crippen LogP contribution in [-0.4, -0.2) is 82.9 Å². The third-order valence-corrected chi connectivity index (χ3v) is 8.85. The van der Waals surface area contributed by atoms with Crippen molar-refractivity contribution in [3.63, 3.8) is 0 Å². The first-order valence-electron chi connectivity index (χ1n) is 16.2. The van der Waals surface area contributed by atoms with Gasteiger partial charge < -0.3 is 40.5 Å². The minimum absolute atomic E-state index is 0.0691. The van der Waals surface area contributed by atoms with Crippen molar-refractivity contribution in [3.8, 4) is 11.5 Å². The number of hydrogen-bond donors (Lipinski definition) is 5. The van der Waals surface area contributed by atoms with Crippen molar-refractivity contribution >= 4 is 29.1 Å². The fourth-order valence-corrected chi connectivity index (χ4v) is 5.99. The van der Waals surface area contributed by atoms with E-state index in [0.29, 0.717) is 44.2 Å². The first-order chi connectivity index (χ1) is 23.4. The zero-order valence-corrected chi connectivity index (χ0v) is 27.0. The zero-order valence-electron chi connectivity index (χ0n) is 27.0. The van der Waals surface area contributed by atoms with E-state index in [4.69, 9.17) is 0 Å². The molecule has 2 saturated heterocycles. The number of carbonyl (C=O) groups excluding carboxylic acids is 3. The van der Waals surface area contributed by atoms with Crippen LogP contribution in [0.5, 0.6) is 11.5 Å². The molecule has 2 aromatic carbocycles. The standard InChI is InChI=1S/C20H25F3N2O4.C13H15F3N2O3/c21-20(22,23)29-16-7-5-15(6-8-16)24-18(27)19(28)9-11-25(12-10-19)17(26)13-14-3-1-2-4-14;14-13(15,16)21-10-3-1-9(2-4-10)18-11(19)12(20)5-7-17-8-6-12/h5-8,14,28H,1-4,9-13H2,(H,24,27);1-4,17,20H,5-8H2,(H,18,19). The Kier molecular flexibility index (Phi) is 12.6. The van der Waals surface area contributed by atoms with Crippen molar-refractivity contribution in [2.75, 3.05) is 36.8 Å². The first-order valence-corrected chi connectivity index (χ1v) is 16.2. The van der Waals surface area contributed by atoms with Gasteiger partial charge in [0, 0.05) is 43.7 Å². The number of hydrogen-bond acceptors (Lipinski definition) is 8. The highest BCUT2D eigenvalue weighted by atomic mass is 19.4. The zero-order chi connectivity index (χ0) is 36.6. The number of benzene rings is 2. The Hall–Kier alpha value is -4.09. The lowest BCUT2D eigenvalue weighted by Crippen LogP contribution is -2.53. The van der Waals surface area contributed by atoms with E-state index >= 15 is 0 Å². The molecule has 0 radical (unpaired) electrons. The van der Waals surface area contributed by atoms with Gasteiger partial charge in [0.2, 0.25) is 5.91 Å². The molecule has 0 unspecified atom stereocenters. The van der Waals surface area contributed by atoms with Crippen LogP contribution < -0.4 is 25.4 Å². The van der Waals surface area contributed by atoms with Crippen LogP contribution in [0.15, 0.2) is 48.5 Å². The normalized spacial score (nSPS) is 19.1. The van der Waals surface area contributed by atoms with E-state index in [1.165, 1.54) is 37.1 Å². The number of aliphatic hydroxyl groups is 2. The summed E-state index contributed by atoms with van der Waals surface area (Å²) in [5.41, 5.74) is -2.53. The lowest BCUT2D eigenvalue weighted by Gasteiger charge is -2.37. The van der Waals surface area contributed by atoms with Gasteiger partial charge in [-0.2, -0.15) is 0 Å². The smallest absolute Gasteiger partial charge is 0.406 e. The maximum Gasteiger partial charge on any atom is 0.573 e. The Morgan fingerprint density at radius 3 is 1.52 bits per heavy atom. The Bertz CT molecular complexity index is 1430. The summed E-state index contributed by atoms with van der Waals surface area (Å²) in [6.45, 7) is 1.66. The van der Waals surface area contributed by atoms with Gasteiger partial charge in [0.25, 0.3) is 11.8 Å². The molecular weight excluding hydrogens is 678 g/mol. The summed E-state index contributed by atoms with van der Waals surface area (Å²) >= 11 is 0. The summed E-state index contributed by atoms with van der Waals surface area (Å²) in [5.74, 6) is -1.46. The minimum Gasteiger partial charge on any atom is -0.406 e. The molecule has 11 nitrogen and oxygen atoms in total. The fourth-order valence-electron chi connectivity index (χ4n) is 5.99. The average molecular weight is 719 g/mol. The number of alkyl halides is 6. The second kappa shape index (κ2) is 16.3. The Morgan fingerprint density at radius 2 is 1.12 bits per heavy atom. The topological polar surface area (TPSA) is 149 Å². The van der Waals surface area contributed by atoms with E-state index in [9.17, 15) is 50.9 Å². The SMILES string of the molecule is O=C(CC1CCCC1)N1CCC(O)(C(=O)Nc2ccc(OC(F)(F)F)cc2)CC1.O=C(Nc1ccc(OC(F)(F)F)cc1)C1(O)CCNCC1. The summed E-state index contributed by atoms with van der Waals surface area (Å²) in [5, 5.41) is 28.9. The summed E-state index contributed by atoms with van der Waals surface area (Å²) in [6, 6.07) is 9.44. The number of halogens is 6. The van der Waals surface area contributed by atoms with Crippen LogP contribution >= 0.6 is 0 Å². The van der Waals surface area contributed by atoms with Crippen LogP contribution in [0.1, 0.15) is 57.8 Å². The molecule has 0 bridgehead atoms. The summed E-state index contributed by atoms with van der Waals surface area (Å²) in [4.78, 5) is 38.6. The molecule has 2 aromatic rings. The van der Waals surface area contributed by atoms with Crippen molar-refractivity contribution in [2.24, 2.45) is 5.92 Å².